The summed E-state index contributed by atoms with van der Waals surface area (Å²) in [5.41, 5.74) is 9.34. The van der Waals surface area contributed by atoms with Gasteiger partial charge in [-0.15, -0.1) is 0 Å². The molecule has 4 rings (SSSR count). The number of imidazole rings is 1. The van der Waals surface area contributed by atoms with Crippen LogP contribution in [0.5, 0.6) is 5.75 Å². The summed E-state index contributed by atoms with van der Waals surface area (Å²) in [6.45, 7) is 4.06. The van der Waals surface area contributed by atoms with E-state index in [2.05, 4.69) is 33.1 Å². The molecule has 0 unspecified atom stereocenters. The molecule has 30 heavy (non-hydrogen) atoms. The molecule has 0 radical (unpaired) electrons. The Labute approximate surface area is 177 Å². The van der Waals surface area contributed by atoms with Crippen molar-refractivity contribution in [1.29, 1.82) is 0 Å². The van der Waals surface area contributed by atoms with Crippen molar-refractivity contribution in [1.82, 2.24) is 14.9 Å². The molecule has 3 N–H and O–H groups in total. The van der Waals surface area contributed by atoms with Gasteiger partial charge in [0.05, 0.1) is 24.1 Å². The fraction of sp³-hybridized carbons (Fsp3) is 0.417. The van der Waals surface area contributed by atoms with Gasteiger partial charge in [-0.1, -0.05) is 24.6 Å². The average Bonchev–Trinajstić information content (AvgIpc) is 3.14. The highest BCUT2D eigenvalue weighted by Gasteiger charge is 2.11. The first-order chi connectivity index (χ1) is 14.7. The number of nitrogens with two attached hydrogens (primary N) is 1. The molecule has 1 aliphatic heterocycles. The van der Waals surface area contributed by atoms with Gasteiger partial charge in [0.15, 0.2) is 0 Å². The lowest BCUT2D eigenvalue weighted by atomic mass is 10.1. The summed E-state index contributed by atoms with van der Waals surface area (Å²) in [5, 5.41) is 0. The number of amides is 1. The zero-order chi connectivity index (χ0) is 20.8. The monoisotopic (exact) mass is 406 g/mol. The molecule has 1 saturated heterocycles. The van der Waals surface area contributed by atoms with E-state index in [1.54, 1.807) is 0 Å². The number of aryl methyl sites for hydroxylation is 1. The first-order valence-electron chi connectivity index (χ1n) is 10.9. The van der Waals surface area contributed by atoms with E-state index < -0.39 is 0 Å². The Morgan fingerprint density at radius 2 is 1.97 bits per heavy atom. The van der Waals surface area contributed by atoms with Crippen LogP contribution in [0.2, 0.25) is 0 Å². The molecule has 1 amide bonds. The SMILES string of the molecule is NC(=O)Cc1ccc2nc(CCCOc3cccc(CN4CCCCC4)c3)[nH]c2c1. The third kappa shape index (κ3) is 5.60. The van der Waals surface area contributed by atoms with Crippen LogP contribution in [0.25, 0.3) is 11.0 Å². The number of rotatable bonds is 9. The molecule has 3 aromatic rings. The summed E-state index contributed by atoms with van der Waals surface area (Å²) in [7, 11) is 0. The van der Waals surface area contributed by atoms with Crippen molar-refractivity contribution in [2.24, 2.45) is 5.73 Å². The second-order valence-electron chi connectivity index (χ2n) is 8.11. The van der Waals surface area contributed by atoms with Gasteiger partial charge < -0.3 is 15.5 Å². The van der Waals surface area contributed by atoms with Crippen LogP contribution in [0, 0.1) is 0 Å². The predicted octanol–water partition coefficient (Wildman–Crippen LogP) is 3.59. The smallest absolute Gasteiger partial charge is 0.221 e. The second kappa shape index (κ2) is 9.76. The highest BCUT2D eigenvalue weighted by atomic mass is 16.5. The van der Waals surface area contributed by atoms with Crippen LogP contribution in [0.1, 0.15) is 42.6 Å². The fourth-order valence-corrected chi connectivity index (χ4v) is 4.08. The summed E-state index contributed by atoms with van der Waals surface area (Å²) in [6, 6.07) is 14.2. The van der Waals surface area contributed by atoms with Crippen LogP contribution in [-0.2, 0) is 24.2 Å². The maximum Gasteiger partial charge on any atom is 0.221 e. The summed E-state index contributed by atoms with van der Waals surface area (Å²) in [5.74, 6) is 1.54. The number of hydrogen-bond donors (Lipinski definition) is 2. The fourth-order valence-electron chi connectivity index (χ4n) is 4.08. The largest absolute Gasteiger partial charge is 0.494 e. The topological polar surface area (TPSA) is 84.2 Å². The van der Waals surface area contributed by atoms with Gasteiger partial charge in [-0.2, -0.15) is 0 Å². The molecule has 0 saturated carbocycles. The number of fused-ring (bicyclic) bond motifs is 1. The number of H-pyrrole nitrogens is 1. The Morgan fingerprint density at radius 1 is 1.10 bits per heavy atom. The van der Waals surface area contributed by atoms with Crippen molar-refractivity contribution in [3.05, 3.63) is 59.4 Å². The Hall–Kier alpha value is -2.86. The molecule has 6 nitrogen and oxygen atoms in total. The number of likely N-dealkylation sites (tertiary alicyclic amines) is 1. The van der Waals surface area contributed by atoms with E-state index >= 15 is 0 Å². The van der Waals surface area contributed by atoms with Crippen molar-refractivity contribution >= 4 is 16.9 Å². The molecule has 2 aromatic carbocycles. The maximum atomic E-state index is 11.1. The average molecular weight is 407 g/mol. The second-order valence-corrected chi connectivity index (χ2v) is 8.11. The minimum absolute atomic E-state index is 0.245. The van der Waals surface area contributed by atoms with Crippen molar-refractivity contribution in [3.63, 3.8) is 0 Å². The molecule has 1 aromatic heterocycles. The van der Waals surface area contributed by atoms with E-state index in [1.165, 1.54) is 37.9 Å². The number of primary amides is 1. The molecule has 1 aliphatic rings. The van der Waals surface area contributed by atoms with Crippen molar-refractivity contribution < 1.29 is 9.53 Å². The summed E-state index contributed by atoms with van der Waals surface area (Å²) in [6.07, 6.45) is 5.92. The summed E-state index contributed by atoms with van der Waals surface area (Å²) >= 11 is 0. The highest BCUT2D eigenvalue weighted by molar-refractivity contribution is 5.80. The van der Waals surface area contributed by atoms with Crippen molar-refractivity contribution in [3.8, 4) is 5.75 Å². The van der Waals surface area contributed by atoms with Gasteiger partial charge in [0, 0.05) is 13.0 Å². The van der Waals surface area contributed by atoms with Crippen LogP contribution >= 0.6 is 0 Å². The first kappa shape index (κ1) is 20.4. The number of ether oxygens (including phenoxy) is 1. The van der Waals surface area contributed by atoms with E-state index in [-0.39, 0.29) is 12.3 Å². The van der Waals surface area contributed by atoms with Crippen LogP contribution in [0.3, 0.4) is 0 Å². The standard InChI is InChI=1S/C24H30N4O2/c25-23(29)16-18-9-10-21-22(15-18)27-24(26-21)8-5-13-30-20-7-4-6-19(14-20)17-28-11-2-1-3-12-28/h4,6-7,9-10,14-15H,1-3,5,8,11-13,16-17H2,(H2,25,29)(H,26,27). The van der Waals surface area contributed by atoms with E-state index in [0.29, 0.717) is 6.61 Å². The van der Waals surface area contributed by atoms with Gasteiger partial charge in [-0.3, -0.25) is 9.69 Å². The summed E-state index contributed by atoms with van der Waals surface area (Å²) < 4.78 is 5.98. The number of carbonyl (C=O) groups is 1. The minimum Gasteiger partial charge on any atom is -0.494 e. The van der Waals surface area contributed by atoms with E-state index in [4.69, 9.17) is 10.5 Å². The lowest BCUT2D eigenvalue weighted by Crippen LogP contribution is -2.29. The number of nitrogens with zero attached hydrogens (tertiary/aromatic N) is 2. The number of benzene rings is 2. The van der Waals surface area contributed by atoms with Gasteiger partial charge in [0.2, 0.25) is 5.91 Å². The third-order valence-corrected chi connectivity index (χ3v) is 5.55. The minimum atomic E-state index is -0.328. The zero-order valence-electron chi connectivity index (χ0n) is 17.4. The Kier molecular flexibility index (Phi) is 6.64. The third-order valence-electron chi connectivity index (χ3n) is 5.55. The maximum absolute atomic E-state index is 11.1. The Balaban J connectivity index is 1.26. The Morgan fingerprint density at radius 3 is 2.80 bits per heavy atom. The number of carbonyl (C=O) groups excluding carboxylic acids is 1. The molecular formula is C24H30N4O2. The quantitative estimate of drug-likeness (QED) is 0.532. The molecule has 0 spiro atoms. The molecule has 0 atom stereocenters. The van der Waals surface area contributed by atoms with Crippen LogP contribution in [0.15, 0.2) is 42.5 Å². The molecule has 6 heteroatoms. The van der Waals surface area contributed by atoms with Crippen molar-refractivity contribution in [2.45, 2.75) is 45.1 Å². The molecule has 2 heterocycles. The van der Waals surface area contributed by atoms with Gasteiger partial charge in [-0.25, -0.2) is 4.98 Å². The predicted molar refractivity (Wildman–Crippen MR) is 118 cm³/mol. The van der Waals surface area contributed by atoms with Crippen LogP contribution in [0.4, 0.5) is 0 Å². The Bertz CT molecular complexity index is 992. The number of aromatic amines is 1. The number of hydrogen-bond acceptors (Lipinski definition) is 4. The molecule has 1 fully saturated rings. The van der Waals surface area contributed by atoms with E-state index in [1.807, 2.05) is 24.3 Å². The molecule has 158 valence electrons. The van der Waals surface area contributed by atoms with Crippen molar-refractivity contribution in [2.75, 3.05) is 19.7 Å². The lowest BCUT2D eigenvalue weighted by Gasteiger charge is -2.26. The molecular weight excluding hydrogens is 376 g/mol. The molecule has 0 aliphatic carbocycles. The first-order valence-corrected chi connectivity index (χ1v) is 10.9. The number of aromatic nitrogens is 2. The van der Waals surface area contributed by atoms with E-state index in [9.17, 15) is 4.79 Å². The van der Waals surface area contributed by atoms with Gasteiger partial charge in [0.1, 0.15) is 11.6 Å². The van der Waals surface area contributed by atoms with E-state index in [0.717, 1.165) is 47.6 Å². The number of nitrogens with one attached hydrogen (secondary N) is 1. The number of piperidine rings is 1. The summed E-state index contributed by atoms with van der Waals surface area (Å²) in [4.78, 5) is 21.6. The normalized spacial score (nSPS) is 14.8. The van der Waals surface area contributed by atoms with Crippen LogP contribution < -0.4 is 10.5 Å². The lowest BCUT2D eigenvalue weighted by molar-refractivity contribution is -0.117. The van der Waals surface area contributed by atoms with Crippen LogP contribution in [-0.4, -0.2) is 40.5 Å². The highest BCUT2D eigenvalue weighted by Crippen LogP contribution is 2.19. The van der Waals surface area contributed by atoms with Gasteiger partial charge in [-0.05, 0) is 67.7 Å². The molecule has 0 bridgehead atoms. The van der Waals surface area contributed by atoms with Gasteiger partial charge >= 0.3 is 0 Å². The zero-order valence-corrected chi connectivity index (χ0v) is 17.4. The van der Waals surface area contributed by atoms with Gasteiger partial charge in [0.25, 0.3) is 0 Å².